The molecule has 6 rings (SSSR count). The Labute approximate surface area is 220 Å². The number of aliphatic hydroxyl groups is 2. The van der Waals surface area contributed by atoms with E-state index in [4.69, 9.17) is 0 Å². The maximum atomic E-state index is 17.4. The fourth-order valence-corrected chi connectivity index (χ4v) is 9.49. The molecule has 1 heterocycles. The van der Waals surface area contributed by atoms with Gasteiger partial charge in [0, 0.05) is 31.0 Å². The molecule has 1 aliphatic heterocycles. The second-order valence-corrected chi connectivity index (χ2v) is 12.6. The summed E-state index contributed by atoms with van der Waals surface area (Å²) in [5.41, 5.74) is -4.57. The van der Waals surface area contributed by atoms with E-state index in [-0.39, 0.29) is 47.6 Å². The summed E-state index contributed by atoms with van der Waals surface area (Å²) >= 11 is 0. The van der Waals surface area contributed by atoms with Crippen LogP contribution in [-0.4, -0.2) is 64.3 Å². The van der Waals surface area contributed by atoms with Gasteiger partial charge in [-0.05, 0) is 78.9 Å². The van der Waals surface area contributed by atoms with Crippen molar-refractivity contribution in [2.75, 3.05) is 19.7 Å². The van der Waals surface area contributed by atoms with E-state index in [0.29, 0.717) is 26.1 Å². The van der Waals surface area contributed by atoms with E-state index in [1.165, 1.54) is 30.4 Å². The summed E-state index contributed by atoms with van der Waals surface area (Å²) in [6.07, 6.45) is 1.16. The molecule has 1 saturated heterocycles. The van der Waals surface area contributed by atoms with Gasteiger partial charge in [0.2, 0.25) is 0 Å². The van der Waals surface area contributed by atoms with Gasteiger partial charge in [-0.15, -0.1) is 0 Å². The van der Waals surface area contributed by atoms with E-state index < -0.39 is 46.7 Å². The number of alkyl halides is 2. The number of likely N-dealkylation sites (tertiary alicyclic amines) is 1. The molecule has 4 fully saturated rings. The van der Waals surface area contributed by atoms with Crippen molar-refractivity contribution in [3.8, 4) is 0 Å². The maximum Gasteiger partial charge on any atom is 0.178 e. The van der Waals surface area contributed by atoms with Gasteiger partial charge in [0.25, 0.3) is 0 Å². The van der Waals surface area contributed by atoms with E-state index in [2.05, 4.69) is 4.90 Å². The molecule has 204 valence electrons. The van der Waals surface area contributed by atoms with E-state index in [1.807, 2.05) is 6.92 Å². The first kappa shape index (κ1) is 26.0. The first-order chi connectivity index (χ1) is 17.9. The molecule has 0 spiro atoms. The normalized spacial score (nSPS) is 45.7. The molecule has 4 aliphatic carbocycles. The molecule has 0 radical (unpaired) electrons. The minimum Gasteiger partial charge on any atom is -0.390 e. The predicted molar refractivity (Wildman–Crippen MR) is 134 cm³/mol. The minimum atomic E-state index is -2.20. The molecule has 0 bridgehead atoms. The number of halogens is 3. The van der Waals surface area contributed by atoms with Crippen LogP contribution in [-0.2, 0) is 16.1 Å². The van der Waals surface area contributed by atoms with Crippen molar-refractivity contribution < 1.29 is 33.0 Å². The van der Waals surface area contributed by atoms with E-state index in [0.717, 1.165) is 5.56 Å². The van der Waals surface area contributed by atoms with Crippen molar-refractivity contribution in [2.45, 2.75) is 57.6 Å². The molecule has 38 heavy (non-hydrogen) atoms. The number of allylic oxidation sites excluding steroid dienone is 4. The van der Waals surface area contributed by atoms with E-state index in [9.17, 15) is 24.2 Å². The van der Waals surface area contributed by atoms with Gasteiger partial charge in [0.15, 0.2) is 17.2 Å². The number of aliphatic hydroxyl groups excluding tert-OH is 2. The third-order valence-corrected chi connectivity index (χ3v) is 11.2. The molecule has 1 aromatic carbocycles. The van der Waals surface area contributed by atoms with Crippen molar-refractivity contribution in [2.24, 2.45) is 34.0 Å². The highest BCUT2D eigenvalue weighted by Gasteiger charge is 2.78. The number of carbonyl (C=O) groups excluding carboxylic acids is 2. The van der Waals surface area contributed by atoms with E-state index >= 15 is 8.78 Å². The lowest BCUT2D eigenvalue weighted by molar-refractivity contribution is -0.212. The molecule has 1 aromatic rings. The summed E-state index contributed by atoms with van der Waals surface area (Å²) in [6.45, 7) is 4.18. The standard InChI is InChI=1S/C30H34F3NO4/c1-27-8-7-20(36)10-23(27)24(32)11-22-21-9-18-14-34(13-17-3-5-19(31)6-4-17)16-29(18,26(38)15-35)28(21,2)12-25(37)30(22,27)33/h3-8,10,18,21-22,24-25,35,37H,9,11-16H2,1-2H3/t18-,21-,22-,24-,25-,27-,28-,29+,30-/m0/s1. The second kappa shape index (κ2) is 8.35. The van der Waals surface area contributed by atoms with Gasteiger partial charge in [-0.3, -0.25) is 14.5 Å². The molecule has 9 atom stereocenters. The Kier molecular flexibility index (Phi) is 5.71. The average molecular weight is 530 g/mol. The van der Waals surface area contributed by atoms with Crippen LogP contribution in [0.5, 0.6) is 0 Å². The number of hydrogen-bond acceptors (Lipinski definition) is 5. The monoisotopic (exact) mass is 529 g/mol. The Morgan fingerprint density at radius 2 is 1.87 bits per heavy atom. The van der Waals surface area contributed by atoms with Crippen LogP contribution in [0.2, 0.25) is 0 Å². The summed E-state index contributed by atoms with van der Waals surface area (Å²) < 4.78 is 46.5. The number of fused-ring (bicyclic) bond motifs is 7. The fourth-order valence-electron chi connectivity index (χ4n) is 9.49. The van der Waals surface area contributed by atoms with Crippen LogP contribution in [0.3, 0.4) is 0 Å². The molecule has 8 heteroatoms. The second-order valence-electron chi connectivity index (χ2n) is 12.6. The first-order valence-corrected chi connectivity index (χ1v) is 13.5. The largest absolute Gasteiger partial charge is 0.390 e. The van der Waals surface area contributed by atoms with Crippen LogP contribution in [0.15, 0.2) is 48.1 Å². The number of benzene rings is 1. The van der Waals surface area contributed by atoms with Crippen molar-refractivity contribution in [3.05, 3.63) is 59.4 Å². The lowest BCUT2D eigenvalue weighted by Crippen LogP contribution is -2.69. The SMILES string of the molecule is C[C@]12C=CC(=O)C=C1[C@@H](F)C[C@H]1[C@@H]3C[C@H]4CN(Cc5ccc(F)cc5)C[C@@]4(C(=O)CO)[C@@]3(C)C[C@H](O)[C@@]12F. The zero-order valence-corrected chi connectivity index (χ0v) is 21.7. The van der Waals surface area contributed by atoms with Gasteiger partial charge in [0.05, 0.1) is 11.5 Å². The fraction of sp³-hybridized carbons (Fsp3) is 0.600. The summed E-state index contributed by atoms with van der Waals surface area (Å²) in [5, 5.41) is 21.7. The molecule has 2 N–H and O–H groups in total. The molecule has 0 aromatic heterocycles. The van der Waals surface area contributed by atoms with Gasteiger partial charge in [0.1, 0.15) is 18.6 Å². The number of nitrogens with zero attached hydrogens (tertiary/aromatic N) is 1. The average Bonchev–Trinajstić information content (AvgIpc) is 3.35. The van der Waals surface area contributed by atoms with Crippen LogP contribution in [0, 0.1) is 39.8 Å². The Bertz CT molecular complexity index is 1250. The summed E-state index contributed by atoms with van der Waals surface area (Å²) in [6, 6.07) is 6.19. The van der Waals surface area contributed by atoms with Crippen molar-refractivity contribution in [1.82, 2.24) is 4.90 Å². The molecule has 0 amide bonds. The molecular weight excluding hydrogens is 495 g/mol. The lowest BCUT2D eigenvalue weighted by Gasteiger charge is -2.63. The van der Waals surface area contributed by atoms with Crippen LogP contribution in [0.25, 0.3) is 0 Å². The van der Waals surface area contributed by atoms with Crippen LogP contribution in [0.1, 0.15) is 38.7 Å². The first-order valence-electron chi connectivity index (χ1n) is 13.5. The number of rotatable bonds is 4. The predicted octanol–water partition coefficient (Wildman–Crippen LogP) is 3.73. The zero-order valence-electron chi connectivity index (χ0n) is 21.7. The Hall–Kier alpha value is -2.29. The number of hydrogen-bond donors (Lipinski definition) is 2. The van der Waals surface area contributed by atoms with Crippen LogP contribution >= 0.6 is 0 Å². The third kappa shape index (κ3) is 3.11. The Morgan fingerprint density at radius 1 is 1.16 bits per heavy atom. The highest BCUT2D eigenvalue weighted by Crippen LogP contribution is 2.74. The smallest absolute Gasteiger partial charge is 0.178 e. The topological polar surface area (TPSA) is 77.8 Å². The van der Waals surface area contributed by atoms with Gasteiger partial charge in [-0.1, -0.05) is 25.1 Å². The number of carbonyl (C=O) groups is 2. The van der Waals surface area contributed by atoms with Crippen LogP contribution < -0.4 is 0 Å². The van der Waals surface area contributed by atoms with Crippen LogP contribution in [0.4, 0.5) is 13.2 Å². The minimum absolute atomic E-state index is 0.00109. The summed E-state index contributed by atoms with van der Waals surface area (Å²) in [4.78, 5) is 27.8. The molecule has 5 aliphatic rings. The summed E-state index contributed by atoms with van der Waals surface area (Å²) in [7, 11) is 0. The number of ketones is 2. The number of Topliss-reactive ketones (excluding diaryl/α,β-unsaturated/α-hetero) is 1. The van der Waals surface area contributed by atoms with Crippen molar-refractivity contribution in [1.29, 1.82) is 0 Å². The highest BCUT2D eigenvalue weighted by molar-refractivity contribution is 6.01. The van der Waals surface area contributed by atoms with Gasteiger partial charge < -0.3 is 10.2 Å². The maximum absolute atomic E-state index is 17.4. The van der Waals surface area contributed by atoms with Gasteiger partial charge >= 0.3 is 0 Å². The molecule has 0 unspecified atom stereocenters. The Morgan fingerprint density at radius 3 is 2.55 bits per heavy atom. The lowest BCUT2D eigenvalue weighted by atomic mass is 9.43. The van der Waals surface area contributed by atoms with E-state index in [1.54, 1.807) is 19.1 Å². The zero-order chi connectivity index (χ0) is 27.3. The van der Waals surface area contributed by atoms with Gasteiger partial charge in [-0.2, -0.15) is 0 Å². The molecule has 5 nitrogen and oxygen atoms in total. The quantitative estimate of drug-likeness (QED) is 0.622. The van der Waals surface area contributed by atoms with Crippen molar-refractivity contribution >= 4 is 11.6 Å². The third-order valence-electron chi connectivity index (χ3n) is 11.2. The Balaban J connectivity index is 1.39. The summed E-state index contributed by atoms with van der Waals surface area (Å²) in [5.74, 6) is -2.48. The highest BCUT2D eigenvalue weighted by atomic mass is 19.1. The molecular formula is C30H34F3NO4. The van der Waals surface area contributed by atoms with Gasteiger partial charge in [-0.25, -0.2) is 13.2 Å². The van der Waals surface area contributed by atoms with Crippen molar-refractivity contribution in [3.63, 3.8) is 0 Å². The molecule has 3 saturated carbocycles.